The number of nitrogens with one attached hydrogen (secondary N) is 3. The molecule has 5 nitrogen and oxygen atoms in total. The zero-order valence-corrected chi connectivity index (χ0v) is 18.3. The Hall–Kier alpha value is -2.66. The summed E-state index contributed by atoms with van der Waals surface area (Å²) in [5.74, 6) is 0.762. The smallest absolute Gasteiger partial charge is 0.251 e. The minimum atomic E-state index is -0.114. The molecule has 0 fully saturated rings. The van der Waals surface area contributed by atoms with Gasteiger partial charge in [-0.2, -0.15) is 0 Å². The molecule has 0 heterocycles. The van der Waals surface area contributed by atoms with Crippen molar-refractivity contribution in [3.8, 4) is 0 Å². The maximum absolute atomic E-state index is 12.5. The Morgan fingerprint density at radius 1 is 1.17 bits per heavy atom. The van der Waals surface area contributed by atoms with Crippen LogP contribution in [0, 0.1) is 5.41 Å². The van der Waals surface area contributed by atoms with Gasteiger partial charge >= 0.3 is 0 Å². The van der Waals surface area contributed by atoms with Gasteiger partial charge in [-0.15, -0.1) is 0 Å². The summed E-state index contributed by atoms with van der Waals surface area (Å²) in [5, 5.41) is 14.2. The highest BCUT2D eigenvalue weighted by Crippen LogP contribution is 2.16. The van der Waals surface area contributed by atoms with Crippen LogP contribution in [0.2, 0.25) is 0 Å². The zero-order chi connectivity index (χ0) is 21.6. The number of rotatable bonds is 11. The van der Waals surface area contributed by atoms with E-state index in [1.807, 2.05) is 19.1 Å². The molecule has 5 heteroatoms. The second-order valence-electron chi connectivity index (χ2n) is 7.45. The highest BCUT2D eigenvalue weighted by atomic mass is 16.5. The molecule has 0 atom stereocenters. The third-order valence-electron chi connectivity index (χ3n) is 4.91. The van der Waals surface area contributed by atoms with Crippen molar-refractivity contribution in [2.24, 2.45) is 0 Å². The summed E-state index contributed by atoms with van der Waals surface area (Å²) >= 11 is 0. The molecule has 30 heavy (non-hydrogen) atoms. The molecule has 3 N–H and O–H groups in total. The van der Waals surface area contributed by atoms with Crippen molar-refractivity contribution in [3.05, 3.63) is 71.1 Å². The lowest BCUT2D eigenvalue weighted by atomic mass is 10.1. The molecule has 0 saturated carbocycles. The number of hydrogen-bond donors (Lipinski definition) is 3. The van der Waals surface area contributed by atoms with E-state index in [4.69, 9.17) is 10.1 Å². The lowest BCUT2D eigenvalue weighted by Gasteiger charge is -2.10. The van der Waals surface area contributed by atoms with Gasteiger partial charge in [0.1, 0.15) is 5.76 Å². The Balaban J connectivity index is 1.69. The van der Waals surface area contributed by atoms with E-state index in [-0.39, 0.29) is 11.8 Å². The van der Waals surface area contributed by atoms with Crippen molar-refractivity contribution in [2.75, 3.05) is 19.6 Å². The molecule has 0 saturated heterocycles. The Labute approximate surface area is 180 Å². The first-order valence-corrected chi connectivity index (χ1v) is 11.0. The van der Waals surface area contributed by atoms with Crippen LogP contribution < -0.4 is 10.6 Å². The van der Waals surface area contributed by atoms with Crippen LogP contribution in [0.1, 0.15) is 52.4 Å². The molecule has 2 aliphatic rings. The molecule has 0 bridgehead atoms. The number of amides is 1. The summed E-state index contributed by atoms with van der Waals surface area (Å²) in [4.78, 5) is 12.5. The van der Waals surface area contributed by atoms with E-state index < -0.39 is 0 Å². The first kappa shape index (κ1) is 23.6. The van der Waals surface area contributed by atoms with E-state index in [0.717, 1.165) is 38.8 Å². The molecule has 0 aliphatic heterocycles. The normalized spacial score (nSPS) is 15.9. The zero-order valence-electron chi connectivity index (χ0n) is 18.3. The van der Waals surface area contributed by atoms with Crippen LogP contribution in [0.15, 0.2) is 71.1 Å². The molecule has 162 valence electrons. The van der Waals surface area contributed by atoms with Gasteiger partial charge in [-0.05, 0) is 50.0 Å². The summed E-state index contributed by atoms with van der Waals surface area (Å²) in [7, 11) is 0. The number of ether oxygens (including phenoxy) is 1. The molecule has 1 amide bonds. The highest BCUT2D eigenvalue weighted by molar-refractivity contribution is 5.96. The fraction of sp³-hybridized carbons (Fsp3) is 0.440. The molecule has 0 aromatic carbocycles. The van der Waals surface area contributed by atoms with E-state index in [2.05, 4.69) is 41.9 Å². The van der Waals surface area contributed by atoms with Crippen molar-refractivity contribution in [3.63, 3.8) is 0 Å². The first-order valence-electron chi connectivity index (χ1n) is 11.0. The molecular formula is C25H35N3O2. The van der Waals surface area contributed by atoms with E-state index >= 15 is 0 Å². The highest BCUT2D eigenvalue weighted by Gasteiger charge is 2.11. The maximum Gasteiger partial charge on any atom is 0.251 e. The van der Waals surface area contributed by atoms with Gasteiger partial charge in [-0.25, -0.2) is 0 Å². The van der Waals surface area contributed by atoms with Crippen molar-refractivity contribution in [1.29, 1.82) is 5.41 Å². The van der Waals surface area contributed by atoms with Crippen LogP contribution in [0.3, 0.4) is 0 Å². The number of allylic oxidation sites excluding steroid dienone is 7. The molecular weight excluding hydrogens is 374 g/mol. The Bertz CT molecular complexity index is 782. The van der Waals surface area contributed by atoms with E-state index in [0.29, 0.717) is 30.7 Å². The Morgan fingerprint density at radius 2 is 2.03 bits per heavy atom. The summed E-state index contributed by atoms with van der Waals surface area (Å²) in [6.45, 7) is 6.50. The van der Waals surface area contributed by atoms with Crippen LogP contribution in [0.25, 0.3) is 0 Å². The molecule has 0 radical (unpaired) electrons. The number of hydrogen-bond acceptors (Lipinski definition) is 4. The second kappa shape index (κ2) is 13.5. The minimum absolute atomic E-state index is 0.114. The van der Waals surface area contributed by atoms with Gasteiger partial charge in [-0.3, -0.25) is 10.2 Å². The van der Waals surface area contributed by atoms with E-state index in [9.17, 15) is 4.79 Å². The largest absolute Gasteiger partial charge is 0.448 e. The van der Waals surface area contributed by atoms with Crippen LogP contribution >= 0.6 is 0 Å². The van der Waals surface area contributed by atoms with Gasteiger partial charge in [-0.1, -0.05) is 55.9 Å². The second-order valence-corrected chi connectivity index (χ2v) is 7.45. The Kier molecular flexibility index (Phi) is 10.7. The number of carbonyl (C=O) groups is 1. The van der Waals surface area contributed by atoms with Crippen molar-refractivity contribution < 1.29 is 9.53 Å². The molecule has 2 aliphatic carbocycles. The molecule has 0 aromatic heterocycles. The van der Waals surface area contributed by atoms with Crippen molar-refractivity contribution in [1.82, 2.24) is 10.6 Å². The molecule has 0 unspecified atom stereocenters. The third kappa shape index (κ3) is 8.78. The van der Waals surface area contributed by atoms with E-state index in [1.165, 1.54) is 11.1 Å². The predicted molar refractivity (Wildman–Crippen MR) is 124 cm³/mol. The lowest BCUT2D eigenvalue weighted by molar-refractivity contribution is -0.117. The topological polar surface area (TPSA) is 74.2 Å². The summed E-state index contributed by atoms with van der Waals surface area (Å²) < 4.78 is 5.58. The van der Waals surface area contributed by atoms with Gasteiger partial charge in [0, 0.05) is 31.5 Å². The Morgan fingerprint density at radius 3 is 2.83 bits per heavy atom. The average Bonchev–Trinajstić information content (AvgIpc) is 3.11. The SMILES string of the molecule is CCCC(=N)OC1=CC(C(=O)NCCCNCC2=CCC(CC)=CC=C2)=CC=CC1. The fourth-order valence-corrected chi connectivity index (χ4v) is 3.13. The standard InChI is InChI=1S/C25H35N3O2/c1-3-9-24(26)30-23-13-6-5-12-22(18-23)25(29)28-17-8-16-27-19-21-11-7-10-20(4-2)14-15-21/h5-7,10-12,15,18,26-27H,3-4,8-9,13-14,16-17,19H2,1-2H3,(H,28,29). The van der Waals surface area contributed by atoms with Crippen LogP contribution in [-0.2, 0) is 9.53 Å². The average molecular weight is 410 g/mol. The molecule has 0 spiro atoms. The number of carbonyl (C=O) groups excluding carboxylic acids is 1. The maximum atomic E-state index is 12.5. The summed E-state index contributed by atoms with van der Waals surface area (Å²) in [6, 6.07) is 0. The van der Waals surface area contributed by atoms with Gasteiger partial charge in [0.05, 0.1) is 0 Å². The third-order valence-corrected chi connectivity index (χ3v) is 4.91. The van der Waals surface area contributed by atoms with Gasteiger partial charge < -0.3 is 15.4 Å². The monoisotopic (exact) mass is 409 g/mol. The summed E-state index contributed by atoms with van der Waals surface area (Å²) in [5.41, 5.74) is 3.32. The van der Waals surface area contributed by atoms with Crippen LogP contribution in [-0.4, -0.2) is 31.4 Å². The molecule has 0 aromatic rings. The minimum Gasteiger partial charge on any atom is -0.448 e. The summed E-state index contributed by atoms with van der Waals surface area (Å²) in [6.07, 6.45) is 21.1. The first-order chi connectivity index (χ1) is 14.6. The van der Waals surface area contributed by atoms with Crippen molar-refractivity contribution >= 4 is 11.8 Å². The van der Waals surface area contributed by atoms with Gasteiger partial charge in [0.2, 0.25) is 0 Å². The van der Waals surface area contributed by atoms with Crippen LogP contribution in [0.5, 0.6) is 0 Å². The van der Waals surface area contributed by atoms with Crippen molar-refractivity contribution in [2.45, 2.75) is 52.4 Å². The lowest BCUT2D eigenvalue weighted by Crippen LogP contribution is -2.28. The van der Waals surface area contributed by atoms with E-state index in [1.54, 1.807) is 12.2 Å². The quantitative estimate of drug-likeness (QED) is 0.259. The van der Waals surface area contributed by atoms with Gasteiger partial charge in [0.15, 0.2) is 5.90 Å². The van der Waals surface area contributed by atoms with Crippen LogP contribution in [0.4, 0.5) is 0 Å². The fourth-order valence-electron chi connectivity index (χ4n) is 3.13. The molecule has 2 rings (SSSR count). The van der Waals surface area contributed by atoms with Gasteiger partial charge in [0.25, 0.3) is 5.91 Å². The predicted octanol–water partition coefficient (Wildman–Crippen LogP) is 4.87.